The molecule has 0 bridgehead atoms. The highest BCUT2D eigenvalue weighted by Gasteiger charge is 2.35. The quantitative estimate of drug-likeness (QED) is 0.213. The van der Waals surface area contributed by atoms with Gasteiger partial charge in [-0.05, 0) is 24.3 Å². The van der Waals surface area contributed by atoms with Crippen LogP contribution in [0.3, 0.4) is 0 Å². The van der Waals surface area contributed by atoms with Gasteiger partial charge in [0.05, 0.1) is 51.4 Å². The number of quaternary nitrogens is 1. The van der Waals surface area contributed by atoms with Crippen molar-refractivity contribution in [3.8, 4) is 23.0 Å². The number of benzene rings is 2. The number of nitrogens with zero attached hydrogens (tertiary/aromatic N) is 1. The Morgan fingerprint density at radius 2 is 1.60 bits per heavy atom. The summed E-state index contributed by atoms with van der Waals surface area (Å²) in [6, 6.07) is 9.71. The Kier molecular flexibility index (Phi) is 7.12. The molecule has 2 aromatic carbocycles. The van der Waals surface area contributed by atoms with Crippen molar-refractivity contribution in [3.05, 3.63) is 36.4 Å². The number of likely N-dealkylation sites (N-methyl/N-ethyl adjacent to an activating group) is 1. The number of rotatable bonds is 9. The lowest BCUT2D eigenvalue weighted by Gasteiger charge is -2.44. The fourth-order valence-electron chi connectivity index (χ4n) is 3.75. The molecule has 1 aliphatic heterocycles. The summed E-state index contributed by atoms with van der Waals surface area (Å²) < 4.78 is 18.2. The van der Waals surface area contributed by atoms with Gasteiger partial charge in [-0.3, -0.25) is 0 Å². The monoisotopic (exact) mass is 418 g/mol. The Bertz CT molecular complexity index is 848. The van der Waals surface area contributed by atoms with Gasteiger partial charge in [0.25, 0.3) is 0 Å². The van der Waals surface area contributed by atoms with Crippen molar-refractivity contribution in [2.75, 3.05) is 58.0 Å². The van der Waals surface area contributed by atoms with Gasteiger partial charge in [0.15, 0.2) is 0 Å². The van der Waals surface area contributed by atoms with Crippen molar-refractivity contribution in [1.82, 2.24) is 0 Å². The van der Waals surface area contributed by atoms with E-state index in [9.17, 15) is 10.2 Å². The van der Waals surface area contributed by atoms with Crippen LogP contribution in [0.1, 0.15) is 12.8 Å². The minimum atomic E-state index is 0.133. The normalized spacial score (nSPS) is 21.3. The van der Waals surface area contributed by atoms with E-state index in [-0.39, 0.29) is 11.5 Å². The Morgan fingerprint density at radius 3 is 2.23 bits per heavy atom. The van der Waals surface area contributed by atoms with E-state index in [0.717, 1.165) is 37.0 Å². The summed E-state index contributed by atoms with van der Waals surface area (Å²) >= 11 is 0. The average Bonchev–Trinajstić information content (AvgIpc) is 2.72. The smallest absolute Gasteiger partial charge is 0.145 e. The maximum Gasteiger partial charge on any atom is 0.145 e. The van der Waals surface area contributed by atoms with Crippen molar-refractivity contribution in [2.45, 2.75) is 18.9 Å². The van der Waals surface area contributed by atoms with Crippen LogP contribution in [0, 0.1) is 0 Å². The van der Waals surface area contributed by atoms with E-state index < -0.39 is 0 Å². The molecule has 1 aliphatic rings. The molecule has 0 spiro atoms. The van der Waals surface area contributed by atoms with Crippen molar-refractivity contribution < 1.29 is 28.9 Å². The first kappa shape index (κ1) is 21.9. The maximum atomic E-state index is 9.61. The molecule has 164 valence electrons. The van der Waals surface area contributed by atoms with E-state index in [0.29, 0.717) is 48.7 Å². The molecule has 0 saturated carbocycles. The fourth-order valence-corrected chi connectivity index (χ4v) is 3.75. The summed E-state index contributed by atoms with van der Waals surface area (Å²) in [7, 11) is 2.23. The van der Waals surface area contributed by atoms with Crippen LogP contribution in [0.15, 0.2) is 36.4 Å². The zero-order chi connectivity index (χ0) is 21.6. The number of aromatic hydroxyl groups is 2. The Morgan fingerprint density at radius 1 is 1.00 bits per heavy atom. The number of hydrogen-bond acceptors (Lipinski definition) is 7. The van der Waals surface area contributed by atoms with Crippen molar-refractivity contribution >= 4 is 11.4 Å². The Labute approximate surface area is 177 Å². The molecule has 1 fully saturated rings. The van der Waals surface area contributed by atoms with Crippen molar-refractivity contribution in [3.63, 3.8) is 0 Å². The lowest BCUT2D eigenvalue weighted by Crippen LogP contribution is -2.60. The molecule has 2 unspecified atom stereocenters. The average molecular weight is 419 g/mol. The molecular weight excluding hydrogens is 386 g/mol. The first-order chi connectivity index (χ1) is 14.4. The van der Waals surface area contributed by atoms with Gasteiger partial charge < -0.3 is 40.4 Å². The van der Waals surface area contributed by atoms with Gasteiger partial charge in [0.1, 0.15) is 35.6 Å². The number of morpholine rings is 1. The number of phenols is 2. The van der Waals surface area contributed by atoms with Gasteiger partial charge in [-0.1, -0.05) is 0 Å². The molecular formula is C22H32N3O5+. The second-order valence-electron chi connectivity index (χ2n) is 7.94. The summed E-state index contributed by atoms with van der Waals surface area (Å²) in [6.45, 7) is 4.27. The second-order valence-corrected chi connectivity index (χ2v) is 7.94. The minimum Gasteiger partial charge on any atom is -0.508 e. The van der Waals surface area contributed by atoms with Crippen LogP contribution in [0.4, 0.5) is 11.4 Å². The van der Waals surface area contributed by atoms with Crippen molar-refractivity contribution in [1.29, 1.82) is 0 Å². The van der Waals surface area contributed by atoms with Crippen LogP contribution in [-0.2, 0) is 4.74 Å². The molecule has 6 N–H and O–H groups in total. The third kappa shape index (κ3) is 5.61. The molecule has 0 radical (unpaired) electrons. The predicted molar refractivity (Wildman–Crippen MR) is 116 cm³/mol. The second kappa shape index (κ2) is 9.77. The Balaban J connectivity index is 1.49. The van der Waals surface area contributed by atoms with E-state index in [1.165, 1.54) is 18.2 Å². The topological polar surface area (TPSA) is 120 Å². The standard InChI is InChI=1S/C22H31N3O5/c1-25(8-2-10-29-21-13-17(26)3-5-19(21)23)9-12-28-15-16(25)7-11-30-22-14-18(27)4-6-20(22)24/h3-6,13-14,16H,2,7-12,15,23-24H2,1H3,(H-,26,27)/p+1. The molecule has 0 aromatic heterocycles. The maximum absolute atomic E-state index is 9.61. The first-order valence-electron chi connectivity index (χ1n) is 10.2. The summed E-state index contributed by atoms with van der Waals surface area (Å²) in [4.78, 5) is 0. The third-order valence-corrected chi connectivity index (χ3v) is 5.71. The Hall–Kier alpha value is -2.84. The lowest BCUT2D eigenvalue weighted by atomic mass is 10.1. The van der Waals surface area contributed by atoms with Crippen LogP contribution in [0.2, 0.25) is 0 Å². The number of nitrogen functional groups attached to an aromatic ring is 2. The van der Waals surface area contributed by atoms with Crippen LogP contribution in [0.25, 0.3) is 0 Å². The van der Waals surface area contributed by atoms with Crippen LogP contribution >= 0.6 is 0 Å². The highest BCUT2D eigenvalue weighted by atomic mass is 16.5. The van der Waals surface area contributed by atoms with Crippen LogP contribution in [-0.4, -0.2) is 67.3 Å². The van der Waals surface area contributed by atoms with Crippen LogP contribution in [0.5, 0.6) is 23.0 Å². The molecule has 8 nitrogen and oxygen atoms in total. The van der Waals surface area contributed by atoms with Gasteiger partial charge in [-0.25, -0.2) is 0 Å². The highest BCUT2D eigenvalue weighted by molar-refractivity contribution is 5.55. The summed E-state index contributed by atoms with van der Waals surface area (Å²) in [5.41, 5.74) is 12.8. The van der Waals surface area contributed by atoms with E-state index in [1.807, 2.05) is 0 Å². The SMILES string of the molecule is C[N+]1(CCCOc2cc(O)ccc2N)CCOCC1CCOc1cc(O)ccc1N. The zero-order valence-corrected chi connectivity index (χ0v) is 17.4. The predicted octanol–water partition coefficient (Wildman–Crippen LogP) is 2.35. The molecule has 8 heteroatoms. The molecule has 3 rings (SSSR count). The number of hydrogen-bond donors (Lipinski definition) is 4. The van der Waals surface area contributed by atoms with E-state index >= 15 is 0 Å². The molecule has 2 aromatic rings. The lowest BCUT2D eigenvalue weighted by molar-refractivity contribution is -0.941. The third-order valence-electron chi connectivity index (χ3n) is 5.71. The molecule has 2 atom stereocenters. The number of ether oxygens (including phenoxy) is 3. The number of phenolic OH excluding ortho intramolecular Hbond substituents is 2. The molecule has 1 saturated heterocycles. The largest absolute Gasteiger partial charge is 0.508 e. The van der Waals surface area contributed by atoms with Gasteiger partial charge in [0, 0.05) is 25.0 Å². The molecule has 0 amide bonds. The summed E-state index contributed by atoms with van der Waals surface area (Å²) in [5.74, 6) is 1.28. The number of nitrogens with two attached hydrogens (primary N) is 2. The first-order valence-corrected chi connectivity index (χ1v) is 10.2. The highest BCUT2D eigenvalue weighted by Crippen LogP contribution is 2.28. The number of anilines is 2. The zero-order valence-electron chi connectivity index (χ0n) is 17.4. The van der Waals surface area contributed by atoms with Gasteiger partial charge >= 0.3 is 0 Å². The van der Waals surface area contributed by atoms with E-state index in [1.54, 1.807) is 18.2 Å². The van der Waals surface area contributed by atoms with Gasteiger partial charge in [0.2, 0.25) is 0 Å². The van der Waals surface area contributed by atoms with Crippen LogP contribution < -0.4 is 20.9 Å². The molecule has 1 heterocycles. The fraction of sp³-hybridized carbons (Fsp3) is 0.455. The minimum absolute atomic E-state index is 0.133. The van der Waals surface area contributed by atoms with Crippen molar-refractivity contribution in [2.24, 2.45) is 0 Å². The summed E-state index contributed by atoms with van der Waals surface area (Å²) in [6.07, 6.45) is 1.66. The molecule has 0 aliphatic carbocycles. The van der Waals surface area contributed by atoms with E-state index in [2.05, 4.69) is 7.05 Å². The van der Waals surface area contributed by atoms with E-state index in [4.69, 9.17) is 25.7 Å². The van der Waals surface area contributed by atoms with Gasteiger partial charge in [-0.2, -0.15) is 0 Å². The summed E-state index contributed by atoms with van der Waals surface area (Å²) in [5, 5.41) is 19.2. The van der Waals surface area contributed by atoms with Gasteiger partial charge in [-0.15, -0.1) is 0 Å². The molecule has 30 heavy (non-hydrogen) atoms.